The second-order valence-electron chi connectivity index (χ2n) is 9.09. The van der Waals surface area contributed by atoms with Crippen LogP contribution < -0.4 is 10.1 Å². The van der Waals surface area contributed by atoms with E-state index in [4.69, 9.17) is 4.74 Å². The molecule has 1 atom stereocenters. The van der Waals surface area contributed by atoms with Gasteiger partial charge in [-0.3, -0.25) is 14.5 Å². The summed E-state index contributed by atoms with van der Waals surface area (Å²) in [7, 11) is 0. The number of nitrogens with one attached hydrogen (secondary N) is 1. The van der Waals surface area contributed by atoms with Crippen molar-refractivity contribution in [3.63, 3.8) is 0 Å². The molecule has 2 amide bonds. The summed E-state index contributed by atoms with van der Waals surface area (Å²) < 4.78 is 5.60. The summed E-state index contributed by atoms with van der Waals surface area (Å²) in [4.78, 5) is 30.0. The third kappa shape index (κ3) is 5.49. The van der Waals surface area contributed by atoms with Gasteiger partial charge < -0.3 is 15.0 Å². The monoisotopic (exact) mass is 435 g/mol. The number of benzene rings is 2. The van der Waals surface area contributed by atoms with Gasteiger partial charge in [-0.2, -0.15) is 0 Å². The molecule has 1 N–H and O–H groups in total. The molecule has 1 fully saturated rings. The Hall–Kier alpha value is -2.86. The van der Waals surface area contributed by atoms with Gasteiger partial charge >= 0.3 is 0 Å². The van der Waals surface area contributed by atoms with Gasteiger partial charge in [-0.05, 0) is 28.7 Å². The van der Waals surface area contributed by atoms with Gasteiger partial charge in [0.1, 0.15) is 11.8 Å². The molecule has 6 heteroatoms. The Balaban J connectivity index is 1.29. The summed E-state index contributed by atoms with van der Waals surface area (Å²) in [6, 6.07) is 15.6. The van der Waals surface area contributed by atoms with Gasteiger partial charge in [0.25, 0.3) is 0 Å². The number of carbonyl (C=O) groups excluding carboxylic acids is 2. The number of fused-ring (bicyclic) bond motifs is 1. The molecule has 2 aliphatic heterocycles. The third-order valence-corrected chi connectivity index (χ3v) is 6.30. The van der Waals surface area contributed by atoms with Crippen LogP contribution in [0.4, 0.5) is 0 Å². The fourth-order valence-corrected chi connectivity index (χ4v) is 4.44. The van der Waals surface area contributed by atoms with Crippen molar-refractivity contribution in [1.29, 1.82) is 0 Å². The molecule has 0 aliphatic carbocycles. The molecule has 170 valence electrons. The fraction of sp³-hybridized carbons (Fsp3) is 0.462. The van der Waals surface area contributed by atoms with Crippen LogP contribution in [0, 0.1) is 5.92 Å². The van der Waals surface area contributed by atoms with Crippen LogP contribution in [-0.2, 0) is 29.0 Å². The van der Waals surface area contributed by atoms with Crippen LogP contribution in [0.25, 0.3) is 0 Å². The van der Waals surface area contributed by atoms with Crippen LogP contribution in [0.2, 0.25) is 0 Å². The first-order valence-electron chi connectivity index (χ1n) is 11.6. The van der Waals surface area contributed by atoms with Gasteiger partial charge in [0.15, 0.2) is 0 Å². The van der Waals surface area contributed by atoms with Crippen LogP contribution in [-0.4, -0.2) is 60.4 Å². The first-order valence-corrected chi connectivity index (χ1v) is 11.6. The molecule has 2 aliphatic rings. The normalized spacial score (nSPS) is 17.0. The third-order valence-electron chi connectivity index (χ3n) is 6.30. The zero-order chi connectivity index (χ0) is 22.5. The minimum atomic E-state index is -0.491. The Labute approximate surface area is 190 Å². The Bertz CT molecular complexity index is 937. The van der Waals surface area contributed by atoms with E-state index in [9.17, 15) is 9.59 Å². The van der Waals surface area contributed by atoms with Gasteiger partial charge in [-0.25, -0.2) is 0 Å². The molecular formula is C26H33N3O3. The topological polar surface area (TPSA) is 61.9 Å². The Kier molecular flexibility index (Phi) is 7.10. The molecule has 2 aromatic carbocycles. The van der Waals surface area contributed by atoms with Crippen molar-refractivity contribution in [2.45, 2.75) is 39.3 Å². The van der Waals surface area contributed by atoms with Gasteiger partial charge in [-0.15, -0.1) is 0 Å². The highest BCUT2D eigenvalue weighted by molar-refractivity contribution is 5.88. The second-order valence-corrected chi connectivity index (χ2v) is 9.09. The van der Waals surface area contributed by atoms with E-state index < -0.39 is 6.04 Å². The number of nitrogens with zero attached hydrogens (tertiary/aromatic N) is 2. The number of rotatable bonds is 7. The average Bonchev–Trinajstić information content (AvgIpc) is 3.26. The standard InChI is InChI=1S/C26H33N3O3/c1-19(2)25(27-24(30)17-20-6-4-3-5-7-20)26(31)29-13-11-28(12-14-29)18-21-8-9-23-22(16-21)10-15-32-23/h3-9,16,19,25H,10-15,17-18H2,1-2H3,(H,27,30)/t25-/m0/s1. The van der Waals surface area contributed by atoms with Crippen LogP contribution >= 0.6 is 0 Å². The molecule has 4 rings (SSSR count). The molecule has 6 nitrogen and oxygen atoms in total. The largest absolute Gasteiger partial charge is 0.493 e. The summed E-state index contributed by atoms with van der Waals surface area (Å²) in [5.41, 5.74) is 3.54. The molecule has 0 aromatic heterocycles. The molecule has 0 spiro atoms. The number of ether oxygens (including phenoxy) is 1. The fourth-order valence-electron chi connectivity index (χ4n) is 4.44. The van der Waals surface area contributed by atoms with Crippen molar-refractivity contribution in [1.82, 2.24) is 15.1 Å². The lowest BCUT2D eigenvalue weighted by molar-refractivity contribution is -0.139. The summed E-state index contributed by atoms with van der Waals surface area (Å²) in [5.74, 6) is 0.963. The lowest BCUT2D eigenvalue weighted by atomic mass is 10.0. The van der Waals surface area contributed by atoms with E-state index in [-0.39, 0.29) is 24.2 Å². The predicted molar refractivity (Wildman–Crippen MR) is 124 cm³/mol. The maximum absolute atomic E-state index is 13.2. The van der Waals surface area contributed by atoms with Crippen molar-refractivity contribution in [2.75, 3.05) is 32.8 Å². The number of piperazine rings is 1. The molecule has 0 radical (unpaired) electrons. The van der Waals surface area contributed by atoms with Gasteiger partial charge in [0.05, 0.1) is 13.0 Å². The molecule has 0 unspecified atom stereocenters. The minimum absolute atomic E-state index is 0.0238. The number of hydrogen-bond donors (Lipinski definition) is 1. The highest BCUT2D eigenvalue weighted by Gasteiger charge is 2.30. The van der Waals surface area contributed by atoms with Gasteiger partial charge in [0.2, 0.25) is 11.8 Å². The molecular weight excluding hydrogens is 402 g/mol. The smallest absolute Gasteiger partial charge is 0.245 e. The van der Waals surface area contributed by atoms with E-state index in [0.29, 0.717) is 13.1 Å². The van der Waals surface area contributed by atoms with E-state index >= 15 is 0 Å². The highest BCUT2D eigenvalue weighted by atomic mass is 16.5. The molecule has 0 bridgehead atoms. The lowest BCUT2D eigenvalue weighted by Gasteiger charge is -2.37. The van der Waals surface area contributed by atoms with Crippen molar-refractivity contribution in [2.24, 2.45) is 5.92 Å². The van der Waals surface area contributed by atoms with Crippen molar-refractivity contribution >= 4 is 11.8 Å². The van der Waals surface area contributed by atoms with E-state index in [1.807, 2.05) is 49.1 Å². The maximum Gasteiger partial charge on any atom is 0.245 e. The average molecular weight is 436 g/mol. The van der Waals surface area contributed by atoms with E-state index in [2.05, 4.69) is 28.4 Å². The van der Waals surface area contributed by atoms with E-state index in [1.54, 1.807) is 0 Å². The van der Waals surface area contributed by atoms with Crippen LogP contribution in [0.5, 0.6) is 5.75 Å². The number of amides is 2. The molecule has 2 aromatic rings. The maximum atomic E-state index is 13.2. The Morgan fingerprint density at radius 1 is 1.00 bits per heavy atom. The van der Waals surface area contributed by atoms with Gasteiger partial charge in [0, 0.05) is 39.1 Å². The zero-order valence-corrected chi connectivity index (χ0v) is 19.0. The minimum Gasteiger partial charge on any atom is -0.493 e. The van der Waals surface area contributed by atoms with Crippen LogP contribution in [0.3, 0.4) is 0 Å². The summed E-state index contributed by atoms with van der Waals surface area (Å²) >= 11 is 0. The Morgan fingerprint density at radius 2 is 1.75 bits per heavy atom. The quantitative estimate of drug-likeness (QED) is 0.726. The van der Waals surface area contributed by atoms with Gasteiger partial charge in [-0.1, -0.05) is 56.3 Å². The van der Waals surface area contributed by atoms with E-state index in [0.717, 1.165) is 44.0 Å². The zero-order valence-electron chi connectivity index (χ0n) is 19.0. The molecule has 2 heterocycles. The first kappa shape index (κ1) is 22.3. The summed E-state index contributed by atoms with van der Waals surface area (Å²) in [6.07, 6.45) is 1.27. The van der Waals surface area contributed by atoms with E-state index in [1.165, 1.54) is 11.1 Å². The van der Waals surface area contributed by atoms with Crippen molar-refractivity contribution in [3.8, 4) is 5.75 Å². The van der Waals surface area contributed by atoms with Crippen molar-refractivity contribution < 1.29 is 14.3 Å². The molecule has 1 saturated heterocycles. The van der Waals surface area contributed by atoms with Crippen LogP contribution in [0.15, 0.2) is 48.5 Å². The lowest BCUT2D eigenvalue weighted by Crippen LogP contribution is -2.56. The van der Waals surface area contributed by atoms with Crippen LogP contribution in [0.1, 0.15) is 30.5 Å². The SMILES string of the molecule is CC(C)[C@H](NC(=O)Cc1ccccc1)C(=O)N1CCN(Cc2ccc3c(c2)CCO3)CC1. The summed E-state index contributed by atoms with van der Waals surface area (Å²) in [6.45, 7) is 8.67. The summed E-state index contributed by atoms with van der Waals surface area (Å²) in [5, 5.41) is 2.98. The molecule has 32 heavy (non-hydrogen) atoms. The number of hydrogen-bond acceptors (Lipinski definition) is 4. The van der Waals surface area contributed by atoms with Crippen molar-refractivity contribution in [3.05, 3.63) is 65.2 Å². The highest BCUT2D eigenvalue weighted by Crippen LogP contribution is 2.26. The second kappa shape index (κ2) is 10.2. The predicted octanol–water partition coefficient (Wildman–Crippen LogP) is 2.65. The number of carbonyl (C=O) groups is 2. The molecule has 0 saturated carbocycles. The Morgan fingerprint density at radius 3 is 2.47 bits per heavy atom. The first-order chi connectivity index (χ1) is 15.5.